The molecule has 1 N–H and O–H groups in total. The highest BCUT2D eigenvalue weighted by atomic mass is 16.5. The van der Waals surface area contributed by atoms with Crippen LogP contribution in [0.15, 0.2) is 24.3 Å². The van der Waals surface area contributed by atoms with Gasteiger partial charge in [-0.05, 0) is 55.4 Å². The highest BCUT2D eigenvalue weighted by Crippen LogP contribution is 2.25. The third-order valence-electron chi connectivity index (χ3n) is 3.73. The number of rotatable bonds is 5. The van der Waals surface area contributed by atoms with E-state index in [2.05, 4.69) is 26.1 Å². The molecule has 3 heteroatoms. The van der Waals surface area contributed by atoms with E-state index in [1.165, 1.54) is 6.42 Å². The molecule has 0 spiro atoms. The third-order valence-corrected chi connectivity index (χ3v) is 3.73. The number of hydrogen-bond acceptors (Lipinski definition) is 2. The summed E-state index contributed by atoms with van der Waals surface area (Å²) < 4.78 is 5.62. The molecular formula is C17H25NO2. The first-order valence-electron chi connectivity index (χ1n) is 7.58. The molecule has 0 saturated heterocycles. The van der Waals surface area contributed by atoms with Gasteiger partial charge in [0.1, 0.15) is 5.75 Å². The molecule has 0 aromatic heterocycles. The van der Waals surface area contributed by atoms with Crippen LogP contribution in [-0.2, 0) is 0 Å². The number of carbonyl (C=O) groups is 1. The molecule has 1 aromatic rings. The molecule has 2 atom stereocenters. The molecule has 2 rings (SSSR count). The lowest BCUT2D eigenvalue weighted by Gasteiger charge is -2.13. The van der Waals surface area contributed by atoms with E-state index in [1.807, 2.05) is 24.3 Å². The molecule has 110 valence electrons. The molecule has 2 unspecified atom stereocenters. The smallest absolute Gasteiger partial charge is 0.251 e. The molecule has 0 radical (unpaired) electrons. The second-order valence-electron chi connectivity index (χ2n) is 6.32. The fraction of sp³-hybridized carbons (Fsp3) is 0.588. The van der Waals surface area contributed by atoms with Crippen LogP contribution in [0, 0.1) is 11.8 Å². The predicted molar refractivity (Wildman–Crippen MR) is 81.0 cm³/mol. The molecule has 20 heavy (non-hydrogen) atoms. The Morgan fingerprint density at radius 2 is 2.00 bits per heavy atom. The molecular weight excluding hydrogens is 250 g/mol. The maximum atomic E-state index is 12.1. The van der Waals surface area contributed by atoms with Crippen molar-refractivity contribution in [2.45, 2.75) is 46.1 Å². The van der Waals surface area contributed by atoms with Crippen molar-refractivity contribution in [3.8, 4) is 5.75 Å². The van der Waals surface area contributed by atoms with Crippen molar-refractivity contribution in [3.05, 3.63) is 29.8 Å². The topological polar surface area (TPSA) is 38.3 Å². The van der Waals surface area contributed by atoms with Crippen molar-refractivity contribution >= 4 is 5.91 Å². The minimum absolute atomic E-state index is 0.0273. The molecule has 1 fully saturated rings. The van der Waals surface area contributed by atoms with Crippen molar-refractivity contribution in [2.75, 3.05) is 6.61 Å². The van der Waals surface area contributed by atoms with Crippen molar-refractivity contribution in [1.29, 1.82) is 0 Å². The number of hydrogen-bond donors (Lipinski definition) is 1. The van der Waals surface area contributed by atoms with Gasteiger partial charge in [0.25, 0.3) is 5.91 Å². The van der Waals surface area contributed by atoms with Crippen LogP contribution in [0.3, 0.4) is 0 Å². The van der Waals surface area contributed by atoms with Gasteiger partial charge >= 0.3 is 0 Å². The molecule has 1 amide bonds. The van der Waals surface area contributed by atoms with E-state index in [-0.39, 0.29) is 5.91 Å². The molecule has 3 nitrogen and oxygen atoms in total. The van der Waals surface area contributed by atoms with Crippen molar-refractivity contribution < 1.29 is 9.53 Å². The van der Waals surface area contributed by atoms with Gasteiger partial charge in [-0.15, -0.1) is 0 Å². The largest absolute Gasteiger partial charge is 0.493 e. The summed E-state index contributed by atoms with van der Waals surface area (Å²) in [5.74, 6) is 2.08. The summed E-state index contributed by atoms with van der Waals surface area (Å²) >= 11 is 0. The number of nitrogens with one attached hydrogen (secondary N) is 1. The van der Waals surface area contributed by atoms with Crippen LogP contribution in [-0.4, -0.2) is 18.6 Å². The summed E-state index contributed by atoms with van der Waals surface area (Å²) in [6, 6.07) is 7.75. The SMILES string of the molecule is CC(C)COc1ccc(C(=O)NC2CCC(C)C2)cc1. The summed E-state index contributed by atoms with van der Waals surface area (Å²) in [4.78, 5) is 12.1. The van der Waals surface area contributed by atoms with Gasteiger partial charge in [-0.1, -0.05) is 20.8 Å². The lowest BCUT2D eigenvalue weighted by atomic mass is 10.1. The maximum absolute atomic E-state index is 12.1. The molecule has 0 aliphatic heterocycles. The molecule has 1 aliphatic carbocycles. The van der Waals surface area contributed by atoms with E-state index in [4.69, 9.17) is 4.74 Å². The molecule has 1 saturated carbocycles. The van der Waals surface area contributed by atoms with E-state index >= 15 is 0 Å². The van der Waals surface area contributed by atoms with Crippen LogP contribution in [0.4, 0.5) is 0 Å². The number of carbonyl (C=O) groups excluding carboxylic acids is 1. The lowest BCUT2D eigenvalue weighted by molar-refractivity contribution is 0.0937. The Bertz CT molecular complexity index is 439. The molecule has 0 heterocycles. The first-order valence-corrected chi connectivity index (χ1v) is 7.58. The maximum Gasteiger partial charge on any atom is 0.251 e. The highest BCUT2D eigenvalue weighted by Gasteiger charge is 2.22. The van der Waals surface area contributed by atoms with Gasteiger partial charge in [-0.25, -0.2) is 0 Å². The Morgan fingerprint density at radius 1 is 1.30 bits per heavy atom. The number of ether oxygens (including phenoxy) is 1. The normalized spacial score (nSPS) is 22.0. The fourth-order valence-corrected chi connectivity index (χ4v) is 2.57. The number of amides is 1. The van der Waals surface area contributed by atoms with Crippen LogP contribution >= 0.6 is 0 Å². The Balaban J connectivity index is 1.87. The average Bonchev–Trinajstić information content (AvgIpc) is 2.82. The van der Waals surface area contributed by atoms with Crippen LogP contribution < -0.4 is 10.1 Å². The van der Waals surface area contributed by atoms with Crippen molar-refractivity contribution in [2.24, 2.45) is 11.8 Å². The fourth-order valence-electron chi connectivity index (χ4n) is 2.57. The van der Waals surface area contributed by atoms with Crippen LogP contribution in [0.5, 0.6) is 5.75 Å². The standard InChI is InChI=1S/C17H25NO2/c1-12(2)11-20-16-8-5-14(6-9-16)17(19)18-15-7-4-13(3)10-15/h5-6,8-9,12-13,15H,4,7,10-11H2,1-3H3,(H,18,19). The average molecular weight is 275 g/mol. The Hall–Kier alpha value is -1.51. The van der Waals surface area contributed by atoms with E-state index in [0.717, 1.165) is 24.5 Å². The lowest BCUT2D eigenvalue weighted by Crippen LogP contribution is -2.32. The predicted octanol–water partition coefficient (Wildman–Crippen LogP) is 3.64. The summed E-state index contributed by atoms with van der Waals surface area (Å²) in [6.07, 6.45) is 3.41. The van der Waals surface area contributed by atoms with E-state index in [0.29, 0.717) is 24.1 Å². The Kier molecular flexibility index (Phi) is 5.05. The van der Waals surface area contributed by atoms with E-state index in [9.17, 15) is 4.79 Å². The third kappa shape index (κ3) is 4.26. The summed E-state index contributed by atoms with van der Waals surface area (Å²) in [7, 11) is 0. The molecule has 1 aromatic carbocycles. The van der Waals surface area contributed by atoms with Gasteiger partial charge in [-0.2, -0.15) is 0 Å². The number of benzene rings is 1. The minimum atomic E-state index is 0.0273. The van der Waals surface area contributed by atoms with Gasteiger partial charge in [0, 0.05) is 11.6 Å². The molecule has 0 bridgehead atoms. The van der Waals surface area contributed by atoms with Crippen LogP contribution in [0.1, 0.15) is 50.4 Å². The zero-order chi connectivity index (χ0) is 14.5. The zero-order valence-electron chi connectivity index (χ0n) is 12.7. The Labute approximate surface area is 121 Å². The van der Waals surface area contributed by atoms with E-state index < -0.39 is 0 Å². The summed E-state index contributed by atoms with van der Waals surface area (Å²) in [5, 5.41) is 3.12. The van der Waals surface area contributed by atoms with Gasteiger partial charge in [0.05, 0.1) is 6.61 Å². The van der Waals surface area contributed by atoms with Gasteiger partial charge in [-0.3, -0.25) is 4.79 Å². The van der Waals surface area contributed by atoms with Crippen LogP contribution in [0.25, 0.3) is 0 Å². The first-order chi connectivity index (χ1) is 9.54. The van der Waals surface area contributed by atoms with Crippen molar-refractivity contribution in [3.63, 3.8) is 0 Å². The highest BCUT2D eigenvalue weighted by molar-refractivity contribution is 5.94. The van der Waals surface area contributed by atoms with Crippen LogP contribution in [0.2, 0.25) is 0 Å². The van der Waals surface area contributed by atoms with Gasteiger partial charge < -0.3 is 10.1 Å². The summed E-state index contributed by atoms with van der Waals surface area (Å²) in [6.45, 7) is 7.17. The van der Waals surface area contributed by atoms with Crippen molar-refractivity contribution in [1.82, 2.24) is 5.32 Å². The minimum Gasteiger partial charge on any atom is -0.493 e. The monoisotopic (exact) mass is 275 g/mol. The second-order valence-corrected chi connectivity index (χ2v) is 6.32. The Morgan fingerprint density at radius 3 is 2.55 bits per heavy atom. The second kappa shape index (κ2) is 6.78. The van der Waals surface area contributed by atoms with Gasteiger partial charge in [0.2, 0.25) is 0 Å². The van der Waals surface area contributed by atoms with E-state index in [1.54, 1.807) is 0 Å². The quantitative estimate of drug-likeness (QED) is 0.891. The zero-order valence-corrected chi connectivity index (χ0v) is 12.7. The summed E-state index contributed by atoms with van der Waals surface area (Å²) in [5.41, 5.74) is 0.710. The van der Waals surface area contributed by atoms with Gasteiger partial charge in [0.15, 0.2) is 0 Å². The first kappa shape index (κ1) is 14.9. The molecule has 1 aliphatic rings.